The Morgan fingerprint density at radius 1 is 1.14 bits per heavy atom. The Balaban J connectivity index is 2.37. The van der Waals surface area contributed by atoms with E-state index in [-0.39, 0.29) is 0 Å². The topological polar surface area (TPSA) is 82.0 Å². The lowest BCUT2D eigenvalue weighted by Crippen LogP contribution is -2.06. The van der Waals surface area contributed by atoms with Crippen LogP contribution in [0.15, 0.2) is 18.5 Å². The highest BCUT2D eigenvalue weighted by Crippen LogP contribution is 2.19. The van der Waals surface area contributed by atoms with Gasteiger partial charge in [0.05, 0.1) is 19.4 Å². The first-order chi connectivity index (χ1) is 10.3. The van der Waals surface area contributed by atoms with Crippen LogP contribution >= 0.6 is 0 Å². The highest BCUT2D eigenvalue weighted by Gasteiger charge is 2.09. The van der Waals surface area contributed by atoms with Crippen LogP contribution in [0.25, 0.3) is 11.5 Å². The van der Waals surface area contributed by atoms with E-state index in [0.717, 1.165) is 24.5 Å². The summed E-state index contributed by atoms with van der Waals surface area (Å²) in [7, 11) is 3.19. The summed E-state index contributed by atoms with van der Waals surface area (Å²) in [4.78, 5) is 17.1. The molecule has 0 saturated heterocycles. The van der Waals surface area contributed by atoms with Crippen molar-refractivity contribution in [3.05, 3.63) is 24.2 Å². The largest absolute Gasteiger partial charge is 0.481 e. The maximum Gasteiger partial charge on any atom is 0.216 e. The molecule has 0 aliphatic rings. The van der Waals surface area contributed by atoms with Gasteiger partial charge in [-0.25, -0.2) is 19.9 Å². The molecular weight excluding hydrogens is 270 g/mol. The van der Waals surface area contributed by atoms with Gasteiger partial charge in [0.1, 0.15) is 17.8 Å². The number of methoxy groups -OCH3 is 2. The van der Waals surface area contributed by atoms with Crippen molar-refractivity contribution in [1.82, 2.24) is 19.9 Å². The monoisotopic (exact) mass is 289 g/mol. The molecule has 7 heteroatoms. The molecule has 0 spiro atoms. The van der Waals surface area contributed by atoms with Gasteiger partial charge in [-0.2, -0.15) is 0 Å². The second-order valence-corrected chi connectivity index (χ2v) is 4.37. The molecule has 0 unspecified atom stereocenters. The zero-order valence-corrected chi connectivity index (χ0v) is 12.5. The lowest BCUT2D eigenvalue weighted by Gasteiger charge is -2.09. The predicted molar refractivity (Wildman–Crippen MR) is 79.1 cm³/mol. The minimum absolute atomic E-state index is 0.415. The van der Waals surface area contributed by atoms with Gasteiger partial charge in [0.25, 0.3) is 0 Å². The van der Waals surface area contributed by atoms with Gasteiger partial charge < -0.3 is 14.8 Å². The second-order valence-electron chi connectivity index (χ2n) is 4.37. The van der Waals surface area contributed by atoms with Gasteiger partial charge in [0, 0.05) is 25.8 Å². The van der Waals surface area contributed by atoms with Crippen LogP contribution in [0.1, 0.15) is 19.0 Å². The molecule has 0 atom stereocenters. The van der Waals surface area contributed by atoms with E-state index in [1.54, 1.807) is 20.3 Å². The molecule has 21 heavy (non-hydrogen) atoms. The fraction of sp³-hybridized carbons (Fsp3) is 0.429. The molecule has 0 aliphatic carbocycles. The molecule has 112 valence electrons. The van der Waals surface area contributed by atoms with Gasteiger partial charge in [0.15, 0.2) is 5.82 Å². The fourth-order valence-corrected chi connectivity index (χ4v) is 1.75. The lowest BCUT2D eigenvalue weighted by atomic mass is 10.3. The van der Waals surface area contributed by atoms with Crippen LogP contribution in [0, 0.1) is 0 Å². The van der Waals surface area contributed by atoms with E-state index < -0.39 is 0 Å². The Hall–Kier alpha value is -2.28. The third kappa shape index (κ3) is 4.09. The van der Waals surface area contributed by atoms with Crippen LogP contribution in [0.5, 0.6) is 5.88 Å². The van der Waals surface area contributed by atoms with Crippen molar-refractivity contribution in [2.75, 3.05) is 26.1 Å². The van der Waals surface area contributed by atoms with Crippen molar-refractivity contribution in [1.29, 1.82) is 0 Å². The molecule has 0 bridgehead atoms. The number of anilines is 1. The highest BCUT2D eigenvalue weighted by molar-refractivity contribution is 5.54. The van der Waals surface area contributed by atoms with Gasteiger partial charge in [-0.3, -0.25) is 0 Å². The van der Waals surface area contributed by atoms with E-state index in [1.165, 1.54) is 6.33 Å². The number of nitrogens with zero attached hydrogens (tertiary/aromatic N) is 4. The fourth-order valence-electron chi connectivity index (χ4n) is 1.75. The quantitative estimate of drug-likeness (QED) is 0.833. The smallest absolute Gasteiger partial charge is 0.216 e. The maximum absolute atomic E-state index is 5.15. The van der Waals surface area contributed by atoms with E-state index in [0.29, 0.717) is 24.0 Å². The maximum atomic E-state index is 5.15. The molecule has 0 aromatic carbocycles. The zero-order valence-electron chi connectivity index (χ0n) is 12.5. The summed E-state index contributed by atoms with van der Waals surface area (Å²) >= 11 is 0. The van der Waals surface area contributed by atoms with Crippen LogP contribution in [-0.4, -0.2) is 40.7 Å². The second kappa shape index (κ2) is 7.49. The average Bonchev–Trinajstić information content (AvgIpc) is 2.53. The SMILES string of the molecule is CCCNc1cc(COC)nc(-c2cc(OC)ncn2)n1. The number of aromatic nitrogens is 4. The minimum Gasteiger partial charge on any atom is -0.481 e. The Labute approximate surface area is 123 Å². The standard InChI is InChI=1S/C14H19N5O2/c1-4-5-15-12-6-10(8-20-2)18-14(19-12)11-7-13(21-3)17-9-16-11/h6-7,9H,4-5,8H2,1-3H3,(H,15,18,19). The molecule has 0 amide bonds. The molecule has 0 radical (unpaired) electrons. The molecule has 2 aromatic heterocycles. The molecule has 2 aromatic rings. The zero-order chi connectivity index (χ0) is 15.1. The summed E-state index contributed by atoms with van der Waals surface area (Å²) < 4.78 is 10.2. The summed E-state index contributed by atoms with van der Waals surface area (Å²) in [5.41, 5.74) is 1.40. The summed E-state index contributed by atoms with van der Waals surface area (Å²) in [5, 5.41) is 3.25. The number of nitrogens with one attached hydrogen (secondary N) is 1. The Bertz CT molecular complexity index is 591. The Kier molecular flexibility index (Phi) is 5.39. The van der Waals surface area contributed by atoms with Gasteiger partial charge in [0.2, 0.25) is 5.88 Å². The summed E-state index contributed by atoms with van der Waals surface area (Å²) in [6.45, 7) is 3.36. The van der Waals surface area contributed by atoms with Crippen molar-refractivity contribution >= 4 is 5.82 Å². The van der Waals surface area contributed by atoms with Crippen LogP contribution in [0.4, 0.5) is 5.82 Å². The first-order valence-corrected chi connectivity index (χ1v) is 6.74. The molecule has 0 fully saturated rings. The Morgan fingerprint density at radius 3 is 2.71 bits per heavy atom. The molecule has 2 rings (SSSR count). The van der Waals surface area contributed by atoms with E-state index in [2.05, 4.69) is 32.2 Å². The van der Waals surface area contributed by atoms with Gasteiger partial charge in [-0.1, -0.05) is 6.92 Å². The first kappa shape index (κ1) is 15.1. The number of ether oxygens (including phenoxy) is 2. The van der Waals surface area contributed by atoms with Crippen molar-refractivity contribution in [2.45, 2.75) is 20.0 Å². The summed E-state index contributed by atoms with van der Waals surface area (Å²) in [6, 6.07) is 3.58. The van der Waals surface area contributed by atoms with Gasteiger partial charge in [-0.05, 0) is 6.42 Å². The van der Waals surface area contributed by atoms with E-state index >= 15 is 0 Å². The van der Waals surface area contributed by atoms with E-state index in [1.807, 2.05) is 6.07 Å². The van der Waals surface area contributed by atoms with Crippen molar-refractivity contribution in [3.63, 3.8) is 0 Å². The third-order valence-corrected chi connectivity index (χ3v) is 2.71. The normalized spacial score (nSPS) is 10.4. The van der Waals surface area contributed by atoms with E-state index in [4.69, 9.17) is 9.47 Å². The van der Waals surface area contributed by atoms with Gasteiger partial charge in [-0.15, -0.1) is 0 Å². The van der Waals surface area contributed by atoms with Crippen molar-refractivity contribution in [3.8, 4) is 17.4 Å². The molecule has 0 aliphatic heterocycles. The highest BCUT2D eigenvalue weighted by atomic mass is 16.5. The number of hydrogen-bond donors (Lipinski definition) is 1. The van der Waals surface area contributed by atoms with Crippen LogP contribution < -0.4 is 10.1 Å². The molecule has 2 heterocycles. The number of hydrogen-bond acceptors (Lipinski definition) is 7. The van der Waals surface area contributed by atoms with Crippen molar-refractivity contribution < 1.29 is 9.47 Å². The van der Waals surface area contributed by atoms with Crippen LogP contribution in [0.2, 0.25) is 0 Å². The van der Waals surface area contributed by atoms with E-state index in [9.17, 15) is 0 Å². The first-order valence-electron chi connectivity index (χ1n) is 6.74. The molecular formula is C14H19N5O2. The van der Waals surface area contributed by atoms with Crippen LogP contribution in [-0.2, 0) is 11.3 Å². The molecule has 7 nitrogen and oxygen atoms in total. The van der Waals surface area contributed by atoms with Crippen molar-refractivity contribution in [2.24, 2.45) is 0 Å². The van der Waals surface area contributed by atoms with Crippen LogP contribution in [0.3, 0.4) is 0 Å². The average molecular weight is 289 g/mol. The summed E-state index contributed by atoms with van der Waals surface area (Å²) in [6.07, 6.45) is 2.44. The van der Waals surface area contributed by atoms with Gasteiger partial charge >= 0.3 is 0 Å². The summed E-state index contributed by atoms with van der Waals surface area (Å²) in [5.74, 6) is 1.75. The minimum atomic E-state index is 0.415. The molecule has 0 saturated carbocycles. The lowest BCUT2D eigenvalue weighted by molar-refractivity contribution is 0.181. The Morgan fingerprint density at radius 2 is 2.00 bits per heavy atom. The predicted octanol–water partition coefficient (Wildman–Crippen LogP) is 1.91. The number of rotatable bonds is 7. The molecule has 1 N–H and O–H groups in total. The third-order valence-electron chi connectivity index (χ3n) is 2.71.